The van der Waals surface area contributed by atoms with Crippen LogP contribution in [0, 0.1) is 17.0 Å². The van der Waals surface area contributed by atoms with E-state index in [4.69, 9.17) is 5.73 Å². The summed E-state index contributed by atoms with van der Waals surface area (Å²) in [5.74, 6) is -0.762. The maximum atomic E-state index is 11.6. The third kappa shape index (κ3) is 3.10. The third-order valence-corrected chi connectivity index (χ3v) is 2.97. The minimum absolute atomic E-state index is 0.0417. The number of aliphatic hydroxyl groups excluding tert-OH is 2. The van der Waals surface area contributed by atoms with Crippen molar-refractivity contribution in [3.05, 3.63) is 38.9 Å². The number of rotatable bonds is 5. The highest BCUT2D eigenvalue weighted by molar-refractivity contribution is 5.92. The molecule has 110 valence electrons. The van der Waals surface area contributed by atoms with Gasteiger partial charge in [-0.05, 0) is 18.1 Å². The number of nitro groups is 1. The molecule has 2 unspecified atom stereocenters. The van der Waals surface area contributed by atoms with Crippen LogP contribution in [-0.2, 0) is 4.74 Å². The van der Waals surface area contributed by atoms with E-state index in [1.54, 1.807) is 0 Å². The van der Waals surface area contributed by atoms with Gasteiger partial charge in [-0.3, -0.25) is 10.1 Å². The monoisotopic (exact) mass is 284 g/mol. The second-order valence-electron chi connectivity index (χ2n) is 4.20. The zero-order valence-corrected chi connectivity index (χ0v) is 11.1. The largest absolute Gasteiger partial charge is 0.465 e. The Kier molecular flexibility index (Phi) is 5.14. The molecule has 4 N–H and O–H groups in total. The van der Waals surface area contributed by atoms with Crippen molar-refractivity contribution in [1.82, 2.24) is 0 Å². The summed E-state index contributed by atoms with van der Waals surface area (Å²) in [5.41, 5.74) is 5.19. The van der Waals surface area contributed by atoms with Crippen LogP contribution in [0.3, 0.4) is 0 Å². The first-order valence-corrected chi connectivity index (χ1v) is 5.76. The highest BCUT2D eigenvalue weighted by Gasteiger charge is 2.26. The fraction of sp³-hybridized carbons (Fsp3) is 0.417. The first kappa shape index (κ1) is 16.0. The van der Waals surface area contributed by atoms with E-state index in [0.29, 0.717) is 5.56 Å². The maximum Gasteiger partial charge on any atom is 0.338 e. The number of carbonyl (C=O) groups excluding carboxylic acids is 1. The number of carbonyl (C=O) groups is 1. The number of methoxy groups -OCH3 is 1. The van der Waals surface area contributed by atoms with Gasteiger partial charge in [0.1, 0.15) is 6.10 Å². The van der Waals surface area contributed by atoms with E-state index in [-0.39, 0.29) is 23.4 Å². The summed E-state index contributed by atoms with van der Waals surface area (Å²) in [5, 5.41) is 30.4. The van der Waals surface area contributed by atoms with Crippen LogP contribution in [0.15, 0.2) is 12.1 Å². The lowest BCUT2D eigenvalue weighted by molar-refractivity contribution is -0.385. The predicted molar refractivity (Wildman–Crippen MR) is 69.2 cm³/mol. The van der Waals surface area contributed by atoms with Gasteiger partial charge in [0.25, 0.3) is 5.69 Å². The molecule has 0 fully saturated rings. The van der Waals surface area contributed by atoms with Gasteiger partial charge in [-0.1, -0.05) is 0 Å². The molecule has 0 amide bonds. The molecule has 0 aromatic heterocycles. The van der Waals surface area contributed by atoms with Gasteiger partial charge in [0, 0.05) is 18.7 Å². The number of aliphatic hydroxyl groups is 2. The third-order valence-electron chi connectivity index (χ3n) is 2.97. The lowest BCUT2D eigenvalue weighted by Gasteiger charge is -2.19. The lowest BCUT2D eigenvalue weighted by atomic mass is 9.94. The van der Waals surface area contributed by atoms with Crippen LogP contribution in [0.4, 0.5) is 5.69 Å². The molecule has 0 spiro atoms. The summed E-state index contributed by atoms with van der Waals surface area (Å²) >= 11 is 0. The fourth-order valence-electron chi connectivity index (χ4n) is 1.79. The van der Waals surface area contributed by atoms with Gasteiger partial charge >= 0.3 is 5.97 Å². The highest BCUT2D eigenvalue weighted by atomic mass is 16.6. The van der Waals surface area contributed by atoms with E-state index in [2.05, 4.69) is 4.74 Å². The Bertz CT molecular complexity index is 531. The number of esters is 1. The number of benzene rings is 1. The van der Waals surface area contributed by atoms with E-state index < -0.39 is 23.1 Å². The average molecular weight is 284 g/mol. The van der Waals surface area contributed by atoms with Crippen LogP contribution in [0.25, 0.3) is 0 Å². The van der Waals surface area contributed by atoms with Crippen molar-refractivity contribution < 1.29 is 24.7 Å². The summed E-state index contributed by atoms with van der Waals surface area (Å²) < 4.78 is 4.54. The minimum atomic E-state index is -1.43. The maximum absolute atomic E-state index is 11.6. The van der Waals surface area contributed by atoms with E-state index in [1.165, 1.54) is 6.92 Å². The Labute approximate surface area is 114 Å². The number of nitro benzene ring substituents is 1. The number of ether oxygens (including phenoxy) is 1. The van der Waals surface area contributed by atoms with E-state index in [9.17, 15) is 25.1 Å². The summed E-state index contributed by atoms with van der Waals surface area (Å²) in [6.45, 7) is 1.27. The number of non-ortho nitro benzene ring substituents is 1. The number of hydrogen-bond acceptors (Lipinski definition) is 7. The van der Waals surface area contributed by atoms with Gasteiger partial charge in [-0.25, -0.2) is 4.79 Å². The molecule has 20 heavy (non-hydrogen) atoms. The lowest BCUT2D eigenvalue weighted by Crippen LogP contribution is -2.28. The zero-order chi connectivity index (χ0) is 15.4. The first-order chi connectivity index (χ1) is 9.33. The SMILES string of the molecule is COC(=O)c1cc([N+](=O)[O-])cc(C(O)C(O)CN)c1C. The van der Waals surface area contributed by atoms with Crippen molar-refractivity contribution in [2.45, 2.75) is 19.1 Å². The predicted octanol–water partition coefficient (Wildman–Crippen LogP) is 0.0428. The van der Waals surface area contributed by atoms with Gasteiger partial charge < -0.3 is 20.7 Å². The minimum Gasteiger partial charge on any atom is -0.465 e. The molecule has 1 rings (SSSR count). The van der Waals surface area contributed by atoms with Crippen molar-refractivity contribution in [2.24, 2.45) is 5.73 Å². The molecule has 2 atom stereocenters. The number of nitrogens with zero attached hydrogens (tertiary/aromatic N) is 1. The zero-order valence-electron chi connectivity index (χ0n) is 11.1. The smallest absolute Gasteiger partial charge is 0.338 e. The first-order valence-electron chi connectivity index (χ1n) is 5.76. The molecule has 0 heterocycles. The summed E-state index contributed by atoms with van der Waals surface area (Å²) in [7, 11) is 1.14. The molecular formula is C12H16N2O6. The molecule has 0 radical (unpaired) electrons. The van der Waals surface area contributed by atoms with Crippen molar-refractivity contribution in [2.75, 3.05) is 13.7 Å². The van der Waals surface area contributed by atoms with Gasteiger partial charge in [0.15, 0.2) is 0 Å². The van der Waals surface area contributed by atoms with Crippen molar-refractivity contribution in [1.29, 1.82) is 0 Å². The molecule has 8 nitrogen and oxygen atoms in total. The Morgan fingerprint density at radius 3 is 2.55 bits per heavy atom. The average Bonchev–Trinajstić information content (AvgIpc) is 2.44. The highest BCUT2D eigenvalue weighted by Crippen LogP contribution is 2.29. The van der Waals surface area contributed by atoms with Crippen LogP contribution < -0.4 is 5.73 Å². The summed E-state index contributed by atoms with van der Waals surface area (Å²) in [4.78, 5) is 21.8. The summed E-state index contributed by atoms with van der Waals surface area (Å²) in [6.07, 6.45) is -2.72. The van der Waals surface area contributed by atoms with E-state index in [1.807, 2.05) is 0 Å². The Morgan fingerprint density at radius 1 is 1.50 bits per heavy atom. The second-order valence-corrected chi connectivity index (χ2v) is 4.20. The van der Waals surface area contributed by atoms with Crippen LogP contribution in [0.1, 0.15) is 27.6 Å². The van der Waals surface area contributed by atoms with E-state index >= 15 is 0 Å². The van der Waals surface area contributed by atoms with Gasteiger partial charge in [0.05, 0.1) is 23.7 Å². The number of nitrogens with two attached hydrogens (primary N) is 1. The molecule has 0 saturated heterocycles. The fourth-order valence-corrected chi connectivity index (χ4v) is 1.79. The molecule has 8 heteroatoms. The standard InChI is InChI=1S/C12H16N2O6/c1-6-8(11(16)10(15)5-13)3-7(14(18)19)4-9(6)12(17)20-2/h3-4,10-11,15-16H,5,13H2,1-2H3. The van der Waals surface area contributed by atoms with Crippen molar-refractivity contribution >= 4 is 11.7 Å². The molecular weight excluding hydrogens is 268 g/mol. The second kappa shape index (κ2) is 6.42. The van der Waals surface area contributed by atoms with Gasteiger partial charge in [-0.2, -0.15) is 0 Å². The Balaban J connectivity index is 3.46. The van der Waals surface area contributed by atoms with Crippen molar-refractivity contribution in [3.63, 3.8) is 0 Å². The van der Waals surface area contributed by atoms with Crippen LogP contribution in [-0.4, -0.2) is 40.9 Å². The molecule has 0 saturated carbocycles. The molecule has 0 bridgehead atoms. The molecule has 1 aromatic carbocycles. The Morgan fingerprint density at radius 2 is 2.10 bits per heavy atom. The molecule has 1 aromatic rings. The normalized spacial score (nSPS) is 13.7. The topological polar surface area (TPSA) is 136 Å². The summed E-state index contributed by atoms with van der Waals surface area (Å²) in [6, 6.07) is 2.16. The van der Waals surface area contributed by atoms with Crippen LogP contribution in [0.5, 0.6) is 0 Å². The van der Waals surface area contributed by atoms with Crippen molar-refractivity contribution in [3.8, 4) is 0 Å². The van der Waals surface area contributed by atoms with Crippen LogP contribution >= 0.6 is 0 Å². The van der Waals surface area contributed by atoms with Gasteiger partial charge in [-0.15, -0.1) is 0 Å². The molecule has 0 aliphatic carbocycles. The molecule has 0 aliphatic rings. The van der Waals surface area contributed by atoms with Gasteiger partial charge in [0.2, 0.25) is 0 Å². The molecule has 0 aliphatic heterocycles. The quantitative estimate of drug-likeness (QED) is 0.394. The Hall–Kier alpha value is -2.03. The van der Waals surface area contributed by atoms with Crippen LogP contribution in [0.2, 0.25) is 0 Å². The van der Waals surface area contributed by atoms with E-state index in [0.717, 1.165) is 19.2 Å². The number of hydrogen-bond donors (Lipinski definition) is 3.